The number of carboxylic acid groups (broad SMARTS) is 1. The van der Waals surface area contributed by atoms with E-state index in [0.717, 1.165) is 51.2 Å². The summed E-state index contributed by atoms with van der Waals surface area (Å²) >= 11 is 22.3. The smallest absolute Gasteiger partial charge is 0.870 e. The van der Waals surface area contributed by atoms with Crippen LogP contribution in [0.3, 0.4) is 0 Å². The Bertz CT molecular complexity index is 2990. The summed E-state index contributed by atoms with van der Waals surface area (Å²) in [5, 5.41) is 19.5. The van der Waals surface area contributed by atoms with Gasteiger partial charge in [-0.15, -0.1) is 0 Å². The Balaban J connectivity index is 0.000000272. The Morgan fingerprint density at radius 2 is 1.15 bits per heavy atom. The van der Waals surface area contributed by atoms with Gasteiger partial charge in [-0.05, 0) is 112 Å². The maximum atomic E-state index is 15.2. The predicted octanol–water partition coefficient (Wildman–Crippen LogP) is 9.76. The molecule has 4 heterocycles. The summed E-state index contributed by atoms with van der Waals surface area (Å²) in [4.78, 5) is 26.6. The molecular formula is C44H39Br2Cl2F2LiN6O6S2. The first-order chi connectivity index (χ1) is 29.8. The van der Waals surface area contributed by atoms with Crippen LogP contribution in [0.25, 0.3) is 33.2 Å². The van der Waals surface area contributed by atoms with Crippen molar-refractivity contribution < 1.29 is 58.0 Å². The third-order valence-electron chi connectivity index (χ3n) is 9.37. The summed E-state index contributed by atoms with van der Waals surface area (Å²) in [6, 6.07) is 20.4. The first-order valence-electron chi connectivity index (χ1n) is 19.2. The Morgan fingerprint density at radius 3 is 1.57 bits per heavy atom. The minimum Gasteiger partial charge on any atom is -0.870 e. The molecular weight excluding hydrogens is 1050 g/mol. The van der Waals surface area contributed by atoms with Crippen molar-refractivity contribution in [3.05, 3.63) is 140 Å². The molecule has 0 fully saturated rings. The Hall–Kier alpha value is -4.06. The van der Waals surface area contributed by atoms with Crippen LogP contribution in [0.4, 0.5) is 8.78 Å². The standard InChI is InChI=1S/C23H20BrClFN3O2S.C21H16BrClFN3O2S.Li.2H2O/c1-3-10-28-13-15(12-27-28)29-20-17(8-9-18(25)19(20)26)21(22(29)24)32-16-7-5-6-14(11-16)23(30)31-4-2;1-2-8-26-11-13(10-25-26)27-18-15(6-7-16(23)17(18)24)19(20(27)22)30-14-5-3-4-12(9-14)21(28)29;;;/h5-9,11-13H,3-4,10H2,1-2H3;3-7,9-11H,2,8H2,1H3,(H,28,29);;2*1H2/q;;+1;;/p-1. The Morgan fingerprint density at radius 1 is 0.723 bits per heavy atom. The van der Waals surface area contributed by atoms with Gasteiger partial charge >= 0.3 is 30.8 Å². The molecule has 65 heavy (non-hydrogen) atoms. The fourth-order valence-electron chi connectivity index (χ4n) is 6.65. The Kier molecular flexibility index (Phi) is 19.4. The number of ether oxygens (including phenoxy) is 1. The van der Waals surface area contributed by atoms with Crippen LogP contribution in [0.2, 0.25) is 10.0 Å². The second-order valence-electron chi connectivity index (χ2n) is 13.6. The summed E-state index contributed by atoms with van der Waals surface area (Å²) in [5.41, 5.74) is 2.78. The molecule has 8 aromatic rings. The van der Waals surface area contributed by atoms with Gasteiger partial charge in [-0.1, -0.05) is 72.7 Å². The van der Waals surface area contributed by atoms with Crippen LogP contribution in [-0.4, -0.2) is 63.3 Å². The van der Waals surface area contributed by atoms with Gasteiger partial charge in [0.05, 0.1) is 72.4 Å². The van der Waals surface area contributed by atoms with Crippen LogP contribution in [0.5, 0.6) is 0 Å². The number of nitrogens with zero attached hydrogens (tertiary/aromatic N) is 6. The molecule has 0 amide bonds. The molecule has 0 saturated carbocycles. The number of aromatic nitrogens is 6. The number of aryl methyl sites for hydroxylation is 2. The summed E-state index contributed by atoms with van der Waals surface area (Å²) < 4.78 is 43.9. The number of benzene rings is 4. The van der Waals surface area contributed by atoms with Gasteiger partial charge in [-0.3, -0.25) is 18.5 Å². The number of esters is 1. The molecule has 0 saturated heterocycles. The van der Waals surface area contributed by atoms with E-state index in [0.29, 0.717) is 48.9 Å². The van der Waals surface area contributed by atoms with E-state index >= 15 is 8.78 Å². The van der Waals surface area contributed by atoms with E-state index in [4.69, 9.17) is 27.9 Å². The number of carbonyl (C=O) groups excluding carboxylic acids is 1. The molecule has 8 rings (SSSR count). The van der Waals surface area contributed by atoms with E-state index in [1.54, 1.807) is 81.7 Å². The van der Waals surface area contributed by atoms with Crippen LogP contribution in [0.15, 0.2) is 126 Å². The van der Waals surface area contributed by atoms with Crippen LogP contribution in [0, 0.1) is 11.6 Å². The number of carboxylic acids is 1. The predicted molar refractivity (Wildman–Crippen MR) is 254 cm³/mol. The van der Waals surface area contributed by atoms with Crippen LogP contribution >= 0.6 is 78.6 Å². The number of rotatable bonds is 13. The zero-order valence-electron chi connectivity index (χ0n) is 35.2. The molecule has 0 aliphatic carbocycles. The van der Waals surface area contributed by atoms with E-state index in [-0.39, 0.29) is 51.4 Å². The molecule has 4 N–H and O–H groups in total. The van der Waals surface area contributed by atoms with Crippen molar-refractivity contribution in [3.8, 4) is 11.4 Å². The number of halogens is 6. The second kappa shape index (κ2) is 23.6. The van der Waals surface area contributed by atoms with Gasteiger partial charge in [0.15, 0.2) is 11.6 Å². The summed E-state index contributed by atoms with van der Waals surface area (Å²) in [7, 11) is 0. The van der Waals surface area contributed by atoms with Crippen molar-refractivity contribution in [1.29, 1.82) is 0 Å². The van der Waals surface area contributed by atoms with Crippen molar-refractivity contribution in [2.45, 2.75) is 66.3 Å². The Labute approximate surface area is 419 Å². The quantitative estimate of drug-likeness (QED) is 0.0872. The molecule has 0 bridgehead atoms. The van der Waals surface area contributed by atoms with Crippen molar-refractivity contribution in [1.82, 2.24) is 28.7 Å². The zero-order valence-corrected chi connectivity index (χ0v) is 41.5. The number of aromatic carboxylic acids is 1. The average molecular weight is 1090 g/mol. The topological polar surface area (TPSA) is 171 Å². The molecule has 12 nitrogen and oxygen atoms in total. The summed E-state index contributed by atoms with van der Waals surface area (Å²) in [6.07, 6.45) is 8.98. The maximum absolute atomic E-state index is 15.2. The van der Waals surface area contributed by atoms with Crippen molar-refractivity contribution >= 4 is 112 Å². The molecule has 336 valence electrons. The maximum Gasteiger partial charge on any atom is 1.00 e. The number of hydrogen-bond acceptors (Lipinski definition) is 8. The third kappa shape index (κ3) is 11.4. The van der Waals surface area contributed by atoms with Gasteiger partial charge in [0, 0.05) is 46.0 Å². The monoisotopic (exact) mass is 1080 g/mol. The van der Waals surface area contributed by atoms with Crippen LogP contribution in [0.1, 0.15) is 54.3 Å². The first-order valence-corrected chi connectivity index (χ1v) is 23.2. The first kappa shape index (κ1) is 53.6. The largest absolute Gasteiger partial charge is 1.00 e. The van der Waals surface area contributed by atoms with E-state index in [9.17, 15) is 14.7 Å². The number of carbonyl (C=O) groups is 2. The molecule has 4 aromatic carbocycles. The van der Waals surface area contributed by atoms with Gasteiger partial charge in [-0.25, -0.2) is 18.4 Å². The van der Waals surface area contributed by atoms with Crippen LogP contribution < -0.4 is 18.9 Å². The van der Waals surface area contributed by atoms with Crippen molar-refractivity contribution in [3.63, 3.8) is 0 Å². The van der Waals surface area contributed by atoms with E-state index in [1.807, 2.05) is 29.2 Å². The van der Waals surface area contributed by atoms with E-state index in [1.165, 1.54) is 35.7 Å². The molecule has 0 unspecified atom stereocenters. The molecule has 0 radical (unpaired) electrons. The van der Waals surface area contributed by atoms with Crippen molar-refractivity contribution in [2.75, 3.05) is 6.61 Å². The van der Waals surface area contributed by atoms with Gasteiger partial charge < -0.3 is 20.8 Å². The van der Waals surface area contributed by atoms with E-state index < -0.39 is 17.6 Å². The van der Waals surface area contributed by atoms with E-state index in [2.05, 4.69) is 55.9 Å². The van der Waals surface area contributed by atoms with Crippen molar-refractivity contribution in [2.24, 2.45) is 0 Å². The molecule has 0 aliphatic rings. The third-order valence-corrected chi connectivity index (χ3v) is 14.2. The minimum atomic E-state index is -1.000. The molecule has 0 aliphatic heterocycles. The van der Waals surface area contributed by atoms with Gasteiger partial charge in [0.2, 0.25) is 0 Å². The molecule has 21 heteroatoms. The zero-order chi connectivity index (χ0) is 44.2. The van der Waals surface area contributed by atoms with Crippen LogP contribution in [-0.2, 0) is 17.8 Å². The number of hydrogen-bond donors (Lipinski definition) is 1. The van der Waals surface area contributed by atoms with Gasteiger partial charge in [0.25, 0.3) is 0 Å². The molecule has 0 atom stereocenters. The fraction of sp³-hybridized carbons (Fsp3) is 0.182. The summed E-state index contributed by atoms with van der Waals surface area (Å²) in [6.45, 7) is 7.72. The van der Waals surface area contributed by atoms with Gasteiger partial charge in [-0.2, -0.15) is 10.2 Å². The second-order valence-corrected chi connectivity index (χ2v) is 18.1. The molecule has 4 aromatic heterocycles. The fourth-order valence-corrected chi connectivity index (χ4v) is 10.7. The molecule has 0 spiro atoms. The summed E-state index contributed by atoms with van der Waals surface area (Å²) in [5.74, 6) is -2.40. The average Bonchev–Trinajstić information content (AvgIpc) is 4.04. The normalized spacial score (nSPS) is 10.8. The van der Waals surface area contributed by atoms with Gasteiger partial charge in [0.1, 0.15) is 9.21 Å². The number of fused-ring (bicyclic) bond motifs is 2. The minimum absolute atomic E-state index is 0. The SMILES string of the molecule is CCCn1cc(-n2c(Br)c(Sc3cccc(C(=O)O)c3)c3ccc(Cl)c(F)c32)cn1.CCCn1cc(-n2c(Br)c(Sc3cccc(C(=O)OCC)c3)c3ccc(Cl)c(F)c32)cn1.O.[Li+].[OH-].